The first kappa shape index (κ1) is 20.8. The minimum atomic E-state index is 0.0190. The van der Waals surface area contributed by atoms with Crippen LogP contribution in [-0.4, -0.2) is 78.6 Å². The monoisotopic (exact) mass is 412 g/mol. The van der Waals surface area contributed by atoms with Crippen LogP contribution in [0.1, 0.15) is 22.8 Å². The number of hydrogen-bond acceptors (Lipinski definition) is 5. The van der Waals surface area contributed by atoms with Gasteiger partial charge in [-0.15, -0.1) is 0 Å². The third kappa shape index (κ3) is 5.38. The Morgan fingerprint density at radius 3 is 2.60 bits per heavy atom. The van der Waals surface area contributed by atoms with E-state index in [0.29, 0.717) is 6.61 Å². The minimum Gasteiger partial charge on any atom is -0.379 e. The number of guanidine groups is 1. The average molecular weight is 413 g/mol. The summed E-state index contributed by atoms with van der Waals surface area (Å²) in [6.07, 6.45) is 3.91. The van der Waals surface area contributed by atoms with Gasteiger partial charge in [0, 0.05) is 58.6 Å². The number of hydrogen-bond donors (Lipinski definition) is 1. The molecular weight excluding hydrogens is 380 g/mol. The van der Waals surface area contributed by atoms with Crippen molar-refractivity contribution in [2.75, 3.05) is 53.0 Å². The third-order valence-corrected chi connectivity index (χ3v) is 5.66. The highest BCUT2D eigenvalue weighted by atomic mass is 16.5. The van der Waals surface area contributed by atoms with E-state index >= 15 is 0 Å². The Morgan fingerprint density at radius 2 is 1.90 bits per heavy atom. The first-order chi connectivity index (χ1) is 14.7. The molecule has 8 nitrogen and oxygen atoms in total. The second-order valence-corrected chi connectivity index (χ2v) is 7.86. The number of ether oxygens (including phenoxy) is 2. The largest absolute Gasteiger partial charge is 0.379 e. The summed E-state index contributed by atoms with van der Waals surface area (Å²) in [5.74, 6) is 0.907. The molecule has 0 bridgehead atoms. The summed E-state index contributed by atoms with van der Waals surface area (Å²) in [6, 6.07) is 8.85. The molecular formula is C22H32N6O2. The fourth-order valence-corrected chi connectivity index (χ4v) is 3.94. The zero-order chi connectivity index (χ0) is 20.8. The van der Waals surface area contributed by atoms with Crippen LogP contribution in [0.25, 0.3) is 0 Å². The summed E-state index contributed by atoms with van der Waals surface area (Å²) in [6.45, 7) is 7.71. The summed E-state index contributed by atoms with van der Waals surface area (Å²) >= 11 is 0. The molecule has 0 amide bonds. The van der Waals surface area contributed by atoms with E-state index in [1.807, 2.05) is 31.2 Å². The van der Waals surface area contributed by atoms with Crippen LogP contribution < -0.4 is 5.32 Å². The van der Waals surface area contributed by atoms with Gasteiger partial charge in [0.15, 0.2) is 5.96 Å². The van der Waals surface area contributed by atoms with Crippen molar-refractivity contribution < 1.29 is 9.47 Å². The Kier molecular flexibility index (Phi) is 6.99. The number of nitrogens with one attached hydrogen (secondary N) is 1. The standard InChI is InChI=1S/C22H32N6O2/c1-23-22(28-9-12-30-21(17-28)20-14-25-26(2)16-20)24-13-18-3-5-19(6-4-18)15-27-7-10-29-11-8-27/h3-6,14,16,21H,7-13,15,17H2,1-2H3,(H,23,24). The Labute approximate surface area is 178 Å². The Morgan fingerprint density at radius 1 is 1.13 bits per heavy atom. The number of benzene rings is 1. The normalized spacial score (nSPS) is 21.1. The van der Waals surface area contributed by atoms with Gasteiger partial charge in [0.2, 0.25) is 0 Å². The zero-order valence-corrected chi connectivity index (χ0v) is 18.0. The van der Waals surface area contributed by atoms with Crippen LogP contribution in [0, 0.1) is 0 Å². The molecule has 1 atom stereocenters. The maximum absolute atomic E-state index is 5.95. The number of aliphatic imine (C=N–C) groups is 1. The highest BCUT2D eigenvalue weighted by Crippen LogP contribution is 2.21. The fourth-order valence-electron chi connectivity index (χ4n) is 3.94. The predicted molar refractivity (Wildman–Crippen MR) is 116 cm³/mol. The van der Waals surface area contributed by atoms with E-state index in [4.69, 9.17) is 9.47 Å². The van der Waals surface area contributed by atoms with Crippen LogP contribution in [0.15, 0.2) is 41.7 Å². The molecule has 1 aromatic heterocycles. The summed E-state index contributed by atoms with van der Waals surface area (Å²) in [7, 11) is 3.76. The molecule has 1 N–H and O–H groups in total. The molecule has 1 unspecified atom stereocenters. The van der Waals surface area contributed by atoms with Gasteiger partial charge in [-0.2, -0.15) is 5.10 Å². The van der Waals surface area contributed by atoms with Crippen LogP contribution in [0.2, 0.25) is 0 Å². The summed E-state index contributed by atoms with van der Waals surface area (Å²) in [4.78, 5) is 9.19. The topological polar surface area (TPSA) is 67.2 Å². The van der Waals surface area contributed by atoms with Crippen LogP contribution in [0.5, 0.6) is 0 Å². The second kappa shape index (κ2) is 10.1. The molecule has 8 heteroatoms. The second-order valence-electron chi connectivity index (χ2n) is 7.86. The lowest BCUT2D eigenvalue weighted by molar-refractivity contribution is -0.00805. The maximum Gasteiger partial charge on any atom is 0.194 e. The molecule has 2 aliphatic heterocycles. The fraction of sp³-hybridized carbons (Fsp3) is 0.545. The van der Waals surface area contributed by atoms with E-state index in [9.17, 15) is 0 Å². The molecule has 30 heavy (non-hydrogen) atoms. The van der Waals surface area contributed by atoms with Gasteiger partial charge < -0.3 is 19.7 Å². The van der Waals surface area contributed by atoms with Gasteiger partial charge in [-0.25, -0.2) is 0 Å². The average Bonchev–Trinajstić information content (AvgIpc) is 3.23. The van der Waals surface area contributed by atoms with E-state index in [2.05, 4.69) is 49.5 Å². The predicted octanol–water partition coefficient (Wildman–Crippen LogP) is 1.40. The molecule has 0 aliphatic carbocycles. The third-order valence-electron chi connectivity index (χ3n) is 5.66. The van der Waals surface area contributed by atoms with Crippen LogP contribution >= 0.6 is 0 Å². The van der Waals surface area contributed by atoms with E-state index in [-0.39, 0.29) is 6.10 Å². The van der Waals surface area contributed by atoms with Crippen molar-refractivity contribution in [1.82, 2.24) is 24.9 Å². The summed E-state index contributed by atoms with van der Waals surface area (Å²) in [5.41, 5.74) is 3.70. The lowest BCUT2D eigenvalue weighted by Gasteiger charge is -2.34. The lowest BCUT2D eigenvalue weighted by Crippen LogP contribution is -2.47. The number of aryl methyl sites for hydroxylation is 1. The Bertz CT molecular complexity index is 828. The molecule has 4 rings (SSSR count). The summed E-state index contributed by atoms with van der Waals surface area (Å²) in [5, 5.41) is 7.77. The van der Waals surface area contributed by atoms with Gasteiger partial charge in [-0.1, -0.05) is 24.3 Å². The number of nitrogens with zero attached hydrogens (tertiary/aromatic N) is 5. The zero-order valence-electron chi connectivity index (χ0n) is 18.0. The van der Waals surface area contributed by atoms with Gasteiger partial charge in [0.1, 0.15) is 6.10 Å². The van der Waals surface area contributed by atoms with Gasteiger partial charge in [-0.3, -0.25) is 14.6 Å². The SMILES string of the molecule is CN=C(NCc1ccc(CN2CCOCC2)cc1)N1CCOC(c2cnn(C)c2)C1. The molecule has 0 saturated carbocycles. The molecule has 0 spiro atoms. The van der Waals surface area contributed by atoms with Gasteiger partial charge in [0.25, 0.3) is 0 Å². The molecule has 1 aromatic carbocycles. The summed E-state index contributed by atoms with van der Waals surface area (Å²) < 4.78 is 13.2. The quantitative estimate of drug-likeness (QED) is 0.592. The smallest absolute Gasteiger partial charge is 0.194 e. The Hall–Kier alpha value is -2.42. The number of aromatic nitrogens is 2. The van der Waals surface area contributed by atoms with Gasteiger partial charge in [0.05, 0.1) is 32.6 Å². The van der Waals surface area contributed by atoms with Crippen molar-refractivity contribution in [2.24, 2.45) is 12.0 Å². The first-order valence-electron chi connectivity index (χ1n) is 10.6. The van der Waals surface area contributed by atoms with E-state index in [1.54, 1.807) is 0 Å². The molecule has 2 saturated heterocycles. The van der Waals surface area contributed by atoms with Crippen molar-refractivity contribution in [3.8, 4) is 0 Å². The van der Waals surface area contributed by atoms with Crippen LogP contribution in [0.3, 0.4) is 0 Å². The van der Waals surface area contributed by atoms with Crippen molar-refractivity contribution in [3.05, 3.63) is 53.3 Å². The van der Waals surface area contributed by atoms with Crippen molar-refractivity contribution in [1.29, 1.82) is 0 Å². The van der Waals surface area contributed by atoms with Gasteiger partial charge >= 0.3 is 0 Å². The first-order valence-corrected chi connectivity index (χ1v) is 10.6. The molecule has 2 fully saturated rings. The van der Waals surface area contributed by atoms with Crippen LogP contribution in [0.4, 0.5) is 0 Å². The molecule has 162 valence electrons. The van der Waals surface area contributed by atoms with Gasteiger partial charge in [-0.05, 0) is 11.1 Å². The highest BCUT2D eigenvalue weighted by Gasteiger charge is 2.25. The van der Waals surface area contributed by atoms with E-state index in [1.165, 1.54) is 11.1 Å². The number of morpholine rings is 2. The molecule has 2 aromatic rings. The van der Waals surface area contributed by atoms with Crippen molar-refractivity contribution >= 4 is 5.96 Å². The minimum absolute atomic E-state index is 0.0190. The molecule has 0 radical (unpaired) electrons. The van der Waals surface area contributed by atoms with Crippen molar-refractivity contribution in [3.63, 3.8) is 0 Å². The lowest BCUT2D eigenvalue weighted by atomic mass is 10.1. The van der Waals surface area contributed by atoms with Crippen LogP contribution in [-0.2, 0) is 29.6 Å². The Balaban J connectivity index is 1.29. The van der Waals surface area contributed by atoms with E-state index < -0.39 is 0 Å². The molecule has 2 aliphatic rings. The number of rotatable bonds is 5. The van der Waals surface area contributed by atoms with Crippen molar-refractivity contribution in [2.45, 2.75) is 19.2 Å². The van der Waals surface area contributed by atoms with E-state index in [0.717, 1.165) is 64.0 Å². The molecule has 3 heterocycles. The maximum atomic E-state index is 5.95. The highest BCUT2D eigenvalue weighted by molar-refractivity contribution is 5.80.